The number of methoxy groups -OCH3 is 1. The number of benzene rings is 1. The highest BCUT2D eigenvalue weighted by atomic mass is 16.5. The molecule has 1 aromatic carbocycles. The zero-order valence-electron chi connectivity index (χ0n) is 15.0. The second-order valence-electron chi connectivity index (χ2n) is 6.52. The highest BCUT2D eigenvalue weighted by molar-refractivity contribution is 5.90. The molecule has 2 N–H and O–H groups in total. The minimum atomic E-state index is -0.299. The van der Waals surface area contributed by atoms with Crippen molar-refractivity contribution in [2.45, 2.75) is 32.6 Å². The molecule has 0 aromatic heterocycles. The van der Waals surface area contributed by atoms with Crippen LogP contribution >= 0.6 is 0 Å². The van der Waals surface area contributed by atoms with Crippen molar-refractivity contribution in [3.63, 3.8) is 0 Å². The first-order valence-electron chi connectivity index (χ1n) is 8.88. The second-order valence-corrected chi connectivity index (χ2v) is 6.52. The minimum absolute atomic E-state index is 0.0467. The lowest BCUT2D eigenvalue weighted by molar-refractivity contribution is -0.141. The van der Waals surface area contributed by atoms with E-state index in [1.165, 1.54) is 7.11 Å². The molecule has 0 bridgehead atoms. The fourth-order valence-corrected chi connectivity index (χ4v) is 3.07. The third-order valence-corrected chi connectivity index (χ3v) is 4.64. The normalized spacial score (nSPS) is 16.1. The van der Waals surface area contributed by atoms with Crippen molar-refractivity contribution in [3.05, 3.63) is 24.3 Å². The summed E-state index contributed by atoms with van der Waals surface area (Å²) in [6.45, 7) is 4.53. The lowest BCUT2D eigenvalue weighted by atomic mass is 9.84. The van der Waals surface area contributed by atoms with Crippen molar-refractivity contribution in [3.8, 4) is 5.75 Å². The van der Waals surface area contributed by atoms with Gasteiger partial charge in [-0.05, 0) is 62.0 Å². The number of ether oxygens (including phenoxy) is 2. The zero-order chi connectivity index (χ0) is 18.1. The van der Waals surface area contributed by atoms with Crippen LogP contribution in [0.3, 0.4) is 0 Å². The summed E-state index contributed by atoms with van der Waals surface area (Å²) >= 11 is 0. The summed E-state index contributed by atoms with van der Waals surface area (Å²) in [5.41, 5.74) is 0.753. The zero-order valence-corrected chi connectivity index (χ0v) is 15.0. The maximum Gasteiger partial charge on any atom is 0.308 e. The van der Waals surface area contributed by atoms with Crippen LogP contribution in [0, 0.1) is 11.8 Å². The summed E-state index contributed by atoms with van der Waals surface area (Å²) in [5.74, 6) is 1.42. The molecular formula is C19H28N2O4. The number of piperidine rings is 1. The van der Waals surface area contributed by atoms with E-state index in [4.69, 9.17) is 4.74 Å². The molecule has 1 saturated heterocycles. The molecule has 1 aliphatic rings. The Bertz CT molecular complexity index is 553. The number of nitrogens with one attached hydrogen (secondary N) is 2. The molecule has 6 nitrogen and oxygen atoms in total. The molecule has 1 fully saturated rings. The van der Waals surface area contributed by atoms with Gasteiger partial charge in [0.05, 0.1) is 20.1 Å². The van der Waals surface area contributed by atoms with Crippen LogP contribution in [0.25, 0.3) is 0 Å². The maximum absolute atomic E-state index is 12.2. The minimum Gasteiger partial charge on any atom is -0.493 e. The number of amides is 1. The number of hydrogen-bond donors (Lipinski definition) is 2. The summed E-state index contributed by atoms with van der Waals surface area (Å²) < 4.78 is 10.0. The van der Waals surface area contributed by atoms with Gasteiger partial charge in [-0.1, -0.05) is 6.92 Å². The summed E-state index contributed by atoms with van der Waals surface area (Å²) in [5, 5.41) is 6.29. The molecule has 1 heterocycles. The molecule has 0 spiro atoms. The van der Waals surface area contributed by atoms with Crippen LogP contribution in [0.5, 0.6) is 5.75 Å². The third kappa shape index (κ3) is 6.74. The predicted molar refractivity (Wildman–Crippen MR) is 96.6 cm³/mol. The van der Waals surface area contributed by atoms with Crippen molar-refractivity contribution in [1.29, 1.82) is 0 Å². The Labute approximate surface area is 149 Å². The lowest BCUT2D eigenvalue weighted by Gasteiger charge is -2.27. The summed E-state index contributed by atoms with van der Waals surface area (Å²) in [6.07, 6.45) is 3.05. The molecular weight excluding hydrogens is 320 g/mol. The van der Waals surface area contributed by atoms with E-state index in [0.29, 0.717) is 24.0 Å². The molecule has 1 aliphatic heterocycles. The van der Waals surface area contributed by atoms with Gasteiger partial charge in [-0.25, -0.2) is 0 Å². The van der Waals surface area contributed by atoms with Gasteiger partial charge in [-0.15, -0.1) is 0 Å². The fourth-order valence-electron chi connectivity index (χ4n) is 3.07. The van der Waals surface area contributed by atoms with E-state index < -0.39 is 0 Å². The van der Waals surface area contributed by atoms with E-state index in [2.05, 4.69) is 22.3 Å². The summed E-state index contributed by atoms with van der Waals surface area (Å²) in [4.78, 5) is 23.2. The van der Waals surface area contributed by atoms with Crippen LogP contribution in [0.1, 0.15) is 32.6 Å². The van der Waals surface area contributed by atoms with Gasteiger partial charge >= 0.3 is 5.97 Å². The van der Waals surface area contributed by atoms with Crippen molar-refractivity contribution >= 4 is 17.6 Å². The van der Waals surface area contributed by atoms with E-state index in [9.17, 15) is 9.59 Å². The second kappa shape index (κ2) is 10.0. The highest BCUT2D eigenvalue weighted by Crippen LogP contribution is 2.25. The molecule has 0 saturated carbocycles. The maximum atomic E-state index is 12.2. The molecule has 25 heavy (non-hydrogen) atoms. The standard InChI is InChI=1S/C19H28N2O4/c1-14(15-7-10-20-11-8-15)13-18(22)21-16-3-5-17(6-4-16)25-12-9-19(23)24-2/h3-6,14-15,20H,7-13H2,1-2H3,(H,21,22). The van der Waals surface area contributed by atoms with Gasteiger partial charge in [-0.3, -0.25) is 9.59 Å². The van der Waals surface area contributed by atoms with Crippen molar-refractivity contribution in [2.75, 3.05) is 32.1 Å². The van der Waals surface area contributed by atoms with E-state index in [1.807, 2.05) is 0 Å². The molecule has 0 radical (unpaired) electrons. The number of esters is 1. The molecule has 2 rings (SSSR count). The van der Waals surface area contributed by atoms with Gasteiger partial charge in [0.25, 0.3) is 0 Å². The van der Waals surface area contributed by atoms with Gasteiger partial charge in [0.1, 0.15) is 5.75 Å². The van der Waals surface area contributed by atoms with E-state index >= 15 is 0 Å². The Balaban J connectivity index is 1.74. The molecule has 1 amide bonds. The van der Waals surface area contributed by atoms with Gasteiger partial charge in [0, 0.05) is 12.1 Å². The molecule has 6 heteroatoms. The Morgan fingerprint density at radius 1 is 1.24 bits per heavy atom. The average molecular weight is 348 g/mol. The van der Waals surface area contributed by atoms with E-state index in [0.717, 1.165) is 31.6 Å². The lowest BCUT2D eigenvalue weighted by Crippen LogP contribution is -2.32. The average Bonchev–Trinajstić information content (AvgIpc) is 2.63. The number of hydrogen-bond acceptors (Lipinski definition) is 5. The first-order valence-corrected chi connectivity index (χ1v) is 8.88. The number of carbonyl (C=O) groups excluding carboxylic acids is 2. The van der Waals surface area contributed by atoms with Crippen LogP contribution in [0.2, 0.25) is 0 Å². The molecule has 138 valence electrons. The summed E-state index contributed by atoms with van der Waals surface area (Å²) in [7, 11) is 1.35. The van der Waals surface area contributed by atoms with E-state index in [-0.39, 0.29) is 24.9 Å². The smallest absolute Gasteiger partial charge is 0.308 e. The first-order chi connectivity index (χ1) is 12.1. The first kappa shape index (κ1) is 19.2. The van der Waals surface area contributed by atoms with Gasteiger partial charge in [0.15, 0.2) is 0 Å². The van der Waals surface area contributed by atoms with E-state index in [1.54, 1.807) is 24.3 Å². The Hall–Kier alpha value is -2.08. The molecule has 1 aromatic rings. The fraction of sp³-hybridized carbons (Fsp3) is 0.579. The van der Waals surface area contributed by atoms with Gasteiger partial charge in [-0.2, -0.15) is 0 Å². The SMILES string of the molecule is COC(=O)CCOc1ccc(NC(=O)CC(C)C2CCNCC2)cc1. The van der Waals surface area contributed by atoms with Crippen LogP contribution in [0.15, 0.2) is 24.3 Å². The van der Waals surface area contributed by atoms with Gasteiger partial charge in [0.2, 0.25) is 5.91 Å². The van der Waals surface area contributed by atoms with Crippen molar-refractivity contribution < 1.29 is 19.1 Å². The number of rotatable bonds is 8. The van der Waals surface area contributed by atoms with Gasteiger partial charge < -0.3 is 20.1 Å². The Morgan fingerprint density at radius 2 is 1.92 bits per heavy atom. The predicted octanol–water partition coefficient (Wildman–Crippen LogP) is 2.59. The monoisotopic (exact) mass is 348 g/mol. The quantitative estimate of drug-likeness (QED) is 0.706. The third-order valence-electron chi connectivity index (χ3n) is 4.64. The van der Waals surface area contributed by atoms with Crippen LogP contribution < -0.4 is 15.4 Å². The molecule has 1 atom stereocenters. The number of carbonyl (C=O) groups is 2. The van der Waals surface area contributed by atoms with Crippen LogP contribution in [0.4, 0.5) is 5.69 Å². The largest absolute Gasteiger partial charge is 0.493 e. The summed E-state index contributed by atoms with van der Waals surface area (Å²) in [6, 6.07) is 7.17. The topological polar surface area (TPSA) is 76.7 Å². The van der Waals surface area contributed by atoms with Crippen molar-refractivity contribution in [2.24, 2.45) is 11.8 Å². The van der Waals surface area contributed by atoms with Crippen molar-refractivity contribution in [1.82, 2.24) is 5.32 Å². The molecule has 1 unspecified atom stereocenters. The molecule has 0 aliphatic carbocycles. The van der Waals surface area contributed by atoms with Crippen LogP contribution in [-0.2, 0) is 14.3 Å². The number of anilines is 1. The van der Waals surface area contributed by atoms with Crippen LogP contribution in [-0.4, -0.2) is 38.7 Å². The Morgan fingerprint density at radius 3 is 2.56 bits per heavy atom. The highest BCUT2D eigenvalue weighted by Gasteiger charge is 2.22. The Kier molecular flexibility index (Phi) is 7.73.